The predicted octanol–water partition coefficient (Wildman–Crippen LogP) is 3.83. The van der Waals surface area contributed by atoms with Crippen LogP contribution in [-0.4, -0.2) is 30.7 Å². The average Bonchev–Trinajstić information content (AvgIpc) is 3.44. The van der Waals surface area contributed by atoms with Crippen molar-refractivity contribution in [1.29, 1.82) is 0 Å². The number of ketones is 1. The van der Waals surface area contributed by atoms with Crippen molar-refractivity contribution >= 4 is 40.1 Å². The number of benzene rings is 4. The van der Waals surface area contributed by atoms with Crippen LogP contribution in [0.1, 0.15) is 27.5 Å². The van der Waals surface area contributed by atoms with Crippen LogP contribution in [0.3, 0.4) is 0 Å². The Morgan fingerprint density at radius 2 is 1.53 bits per heavy atom. The molecule has 0 aromatic heterocycles. The lowest BCUT2D eigenvalue weighted by atomic mass is 9.83. The monoisotopic (exact) mass is 501 g/mol. The lowest BCUT2D eigenvalue weighted by molar-refractivity contribution is -0.884. The van der Waals surface area contributed by atoms with E-state index in [-0.39, 0.29) is 23.6 Å². The Hall–Kier alpha value is -4.55. The molecule has 1 N–H and O–H groups in total. The number of nitrogens with one attached hydrogen (secondary N) is 1. The van der Waals surface area contributed by atoms with E-state index in [1.54, 1.807) is 31.4 Å². The van der Waals surface area contributed by atoms with Gasteiger partial charge in [0.15, 0.2) is 6.04 Å². The van der Waals surface area contributed by atoms with E-state index in [0.29, 0.717) is 17.0 Å². The van der Waals surface area contributed by atoms with E-state index in [1.165, 1.54) is 4.90 Å². The van der Waals surface area contributed by atoms with Crippen LogP contribution in [0.25, 0.3) is 16.8 Å². The molecule has 2 saturated heterocycles. The third-order valence-electron chi connectivity index (χ3n) is 8.27. The lowest BCUT2D eigenvalue weighted by Crippen LogP contribution is -3.12. The number of amides is 2. The number of fused-ring (bicyclic) bond motifs is 6. The fourth-order valence-corrected chi connectivity index (χ4v) is 6.55. The molecule has 0 aliphatic carbocycles. The van der Waals surface area contributed by atoms with Gasteiger partial charge in [0.1, 0.15) is 23.6 Å². The summed E-state index contributed by atoms with van der Waals surface area (Å²) in [7, 11) is 1.58. The molecule has 6 nitrogen and oxygen atoms in total. The van der Waals surface area contributed by atoms with Gasteiger partial charge in [-0.3, -0.25) is 19.3 Å². The molecular formula is C32H25N2O4+. The number of nitrogens with zero attached hydrogens (tertiary/aromatic N) is 1. The third kappa shape index (κ3) is 3.20. The Bertz CT molecular complexity index is 1660. The largest absolute Gasteiger partial charge is 0.497 e. The van der Waals surface area contributed by atoms with Gasteiger partial charge in [0.25, 0.3) is 0 Å². The van der Waals surface area contributed by atoms with Crippen molar-refractivity contribution in [1.82, 2.24) is 0 Å². The highest BCUT2D eigenvalue weighted by molar-refractivity contribution is 6.24. The van der Waals surface area contributed by atoms with Gasteiger partial charge >= 0.3 is 0 Å². The summed E-state index contributed by atoms with van der Waals surface area (Å²) in [6.07, 6.45) is 3.95. The van der Waals surface area contributed by atoms with Gasteiger partial charge in [0.05, 0.1) is 19.0 Å². The third-order valence-corrected chi connectivity index (χ3v) is 8.27. The number of hydrogen-bond acceptors (Lipinski definition) is 4. The van der Waals surface area contributed by atoms with Gasteiger partial charge in [-0.05, 0) is 58.8 Å². The number of hydrogen-bond donors (Lipinski definition) is 1. The molecule has 4 aromatic carbocycles. The van der Waals surface area contributed by atoms with Crippen LogP contribution in [-0.2, 0) is 9.59 Å². The molecule has 0 radical (unpaired) electrons. The summed E-state index contributed by atoms with van der Waals surface area (Å²) in [5, 5.41) is 1.98. The van der Waals surface area contributed by atoms with E-state index in [2.05, 4.69) is 0 Å². The fourth-order valence-electron chi connectivity index (χ4n) is 6.55. The number of carbonyl (C=O) groups is 3. The molecule has 5 atom stereocenters. The molecule has 38 heavy (non-hydrogen) atoms. The Labute approximate surface area is 219 Å². The van der Waals surface area contributed by atoms with E-state index < -0.39 is 17.9 Å². The van der Waals surface area contributed by atoms with Gasteiger partial charge in [0, 0.05) is 11.1 Å². The molecule has 186 valence electrons. The Balaban J connectivity index is 1.35. The van der Waals surface area contributed by atoms with Crippen molar-refractivity contribution in [2.75, 3.05) is 12.0 Å². The highest BCUT2D eigenvalue weighted by atomic mass is 16.5. The molecule has 1 unspecified atom stereocenters. The molecule has 6 heteroatoms. The highest BCUT2D eigenvalue weighted by Gasteiger charge is 2.68. The molecule has 0 saturated carbocycles. The minimum absolute atomic E-state index is 0.148. The summed E-state index contributed by atoms with van der Waals surface area (Å²) >= 11 is 0. The van der Waals surface area contributed by atoms with Crippen LogP contribution < -0.4 is 14.5 Å². The van der Waals surface area contributed by atoms with E-state index >= 15 is 0 Å². The number of imide groups is 1. The molecular weight excluding hydrogens is 476 g/mol. The first-order valence-electron chi connectivity index (χ1n) is 12.8. The summed E-state index contributed by atoms with van der Waals surface area (Å²) in [5.41, 5.74) is 3.05. The summed E-state index contributed by atoms with van der Waals surface area (Å²) in [6.45, 7) is 0. The van der Waals surface area contributed by atoms with Crippen LogP contribution in [0.4, 0.5) is 5.69 Å². The summed E-state index contributed by atoms with van der Waals surface area (Å²) in [5.74, 6) is -1.45. The second-order valence-corrected chi connectivity index (χ2v) is 10.1. The van der Waals surface area contributed by atoms with Crippen LogP contribution in [0.15, 0.2) is 97.2 Å². The van der Waals surface area contributed by atoms with E-state index in [1.807, 2.05) is 79.0 Å². The SMILES string of the molecule is COc1ccc(C(=O)[C@H]2[C@@H]3C(=O)N(c4ccc5ccccc5c4)C(=O)[C@@H]3[C@H]3c4ccccc4C=C[NH+]32)cc1. The van der Waals surface area contributed by atoms with Crippen LogP contribution in [0.2, 0.25) is 0 Å². The number of ether oxygens (including phenoxy) is 1. The normalized spacial score (nSPS) is 25.3. The zero-order chi connectivity index (χ0) is 26.0. The fraction of sp³-hybridized carbons (Fsp3) is 0.156. The number of anilines is 1. The molecule has 0 spiro atoms. The minimum Gasteiger partial charge on any atom is -0.497 e. The molecule has 3 aliphatic heterocycles. The summed E-state index contributed by atoms with van der Waals surface area (Å²) in [4.78, 5) is 44.5. The molecule has 4 aromatic rings. The van der Waals surface area contributed by atoms with Crippen LogP contribution >= 0.6 is 0 Å². The van der Waals surface area contributed by atoms with Crippen molar-refractivity contribution in [3.8, 4) is 5.75 Å². The highest BCUT2D eigenvalue weighted by Crippen LogP contribution is 2.45. The Morgan fingerprint density at radius 1 is 0.816 bits per heavy atom. The number of methoxy groups -OCH3 is 1. The van der Waals surface area contributed by atoms with E-state index in [0.717, 1.165) is 26.8 Å². The Kier molecular flexibility index (Phi) is 5.06. The van der Waals surface area contributed by atoms with Crippen molar-refractivity contribution in [2.24, 2.45) is 11.8 Å². The number of quaternary nitrogens is 1. The zero-order valence-electron chi connectivity index (χ0n) is 20.7. The molecule has 7 rings (SSSR count). The first-order valence-corrected chi connectivity index (χ1v) is 12.8. The lowest BCUT2D eigenvalue weighted by Gasteiger charge is -2.30. The second-order valence-electron chi connectivity index (χ2n) is 10.1. The predicted molar refractivity (Wildman–Crippen MR) is 144 cm³/mol. The van der Waals surface area contributed by atoms with Gasteiger partial charge in [-0.15, -0.1) is 0 Å². The van der Waals surface area contributed by atoms with Crippen molar-refractivity contribution in [3.63, 3.8) is 0 Å². The van der Waals surface area contributed by atoms with E-state index in [4.69, 9.17) is 4.74 Å². The molecule has 2 amide bonds. The van der Waals surface area contributed by atoms with Crippen molar-refractivity contribution in [2.45, 2.75) is 12.1 Å². The first kappa shape index (κ1) is 22.6. The number of rotatable bonds is 4. The second kappa shape index (κ2) is 8.50. The molecule has 3 heterocycles. The van der Waals surface area contributed by atoms with Gasteiger partial charge < -0.3 is 4.74 Å². The molecule has 3 aliphatic rings. The van der Waals surface area contributed by atoms with Gasteiger partial charge in [-0.25, -0.2) is 4.90 Å². The van der Waals surface area contributed by atoms with Crippen LogP contribution in [0, 0.1) is 11.8 Å². The van der Waals surface area contributed by atoms with Gasteiger partial charge in [-0.2, -0.15) is 0 Å². The summed E-state index contributed by atoms with van der Waals surface area (Å²) < 4.78 is 5.26. The topological polar surface area (TPSA) is 68.1 Å². The van der Waals surface area contributed by atoms with Gasteiger partial charge in [0.2, 0.25) is 17.6 Å². The average molecular weight is 502 g/mol. The van der Waals surface area contributed by atoms with Gasteiger partial charge in [-0.1, -0.05) is 54.6 Å². The van der Waals surface area contributed by atoms with Crippen molar-refractivity contribution in [3.05, 3.63) is 114 Å². The van der Waals surface area contributed by atoms with Crippen LogP contribution in [0.5, 0.6) is 5.75 Å². The Morgan fingerprint density at radius 3 is 2.32 bits per heavy atom. The minimum atomic E-state index is -0.764. The molecule has 2 fully saturated rings. The molecule has 0 bridgehead atoms. The number of Topliss-reactive ketones (excluding diaryl/α,β-unsaturated/α-hetero) is 1. The first-order chi connectivity index (χ1) is 18.6. The maximum absolute atomic E-state index is 14.1. The summed E-state index contributed by atoms with van der Waals surface area (Å²) in [6, 6.07) is 27.3. The quantitative estimate of drug-likeness (QED) is 0.341. The van der Waals surface area contributed by atoms with E-state index in [9.17, 15) is 14.4 Å². The standard InChI is InChI=1S/C32H24N2O4/c1-38-24-14-11-21(12-15-24)30(35)29-27-26(28-25-9-5-4-7-20(25)16-17-33(28)29)31(36)34(32(27)37)23-13-10-19-6-2-3-8-22(19)18-23/h2-18,26-29H,1H3/p+1/t26-,27+,28+,29+/m0/s1. The zero-order valence-corrected chi connectivity index (χ0v) is 20.7. The van der Waals surface area contributed by atoms with Crippen molar-refractivity contribution < 1.29 is 24.0 Å². The maximum atomic E-state index is 14.1. The smallest absolute Gasteiger partial charge is 0.244 e. The number of carbonyl (C=O) groups excluding carboxylic acids is 3. The maximum Gasteiger partial charge on any atom is 0.244 e.